The largest absolute Gasteiger partial charge is 0.490 e. The summed E-state index contributed by atoms with van der Waals surface area (Å²) in [6.07, 6.45) is 1.01. The fourth-order valence-electron chi connectivity index (χ4n) is 1.06. The second-order valence-electron chi connectivity index (χ2n) is 2.73. The minimum absolute atomic E-state index is 0.673. The van der Waals surface area contributed by atoms with Crippen molar-refractivity contribution in [3.8, 4) is 11.5 Å². The first-order valence-electron chi connectivity index (χ1n) is 4.73. The van der Waals surface area contributed by atoms with Crippen LogP contribution >= 0.6 is 0 Å². The van der Waals surface area contributed by atoms with Crippen LogP contribution in [0.2, 0.25) is 6.32 Å². The Morgan fingerprint density at radius 3 is 2.31 bits per heavy atom. The van der Waals surface area contributed by atoms with Gasteiger partial charge in [0.05, 0.1) is 13.2 Å². The third-order valence-corrected chi connectivity index (χ3v) is 1.61. The maximum absolute atomic E-state index is 5.51. The van der Waals surface area contributed by atoms with Crippen molar-refractivity contribution in [2.45, 2.75) is 13.2 Å². The maximum Gasteiger partial charge on any atom is 0.161 e. The molecule has 0 radical (unpaired) electrons. The Morgan fingerprint density at radius 2 is 1.77 bits per heavy atom. The van der Waals surface area contributed by atoms with Crippen LogP contribution in [0.3, 0.4) is 0 Å². The highest BCUT2D eigenvalue weighted by Gasteiger charge is 2.01. The molecular formula is C10H15BO2. The van der Waals surface area contributed by atoms with E-state index < -0.39 is 0 Å². The van der Waals surface area contributed by atoms with Crippen LogP contribution in [-0.2, 0) is 0 Å². The molecule has 0 amide bonds. The summed E-state index contributed by atoms with van der Waals surface area (Å²) < 4.78 is 10.9. The SMILES string of the molecule is BCCOc1ccccc1OCC. The van der Waals surface area contributed by atoms with E-state index in [4.69, 9.17) is 9.47 Å². The third kappa shape index (κ3) is 3.01. The molecule has 3 heteroatoms. The summed E-state index contributed by atoms with van der Waals surface area (Å²) in [6, 6.07) is 7.76. The van der Waals surface area contributed by atoms with Gasteiger partial charge in [-0.1, -0.05) is 12.1 Å². The Bertz CT molecular complexity index is 250. The number of hydrogen-bond acceptors (Lipinski definition) is 2. The van der Waals surface area contributed by atoms with E-state index in [2.05, 4.69) is 7.85 Å². The van der Waals surface area contributed by atoms with Crippen molar-refractivity contribution < 1.29 is 9.47 Å². The smallest absolute Gasteiger partial charge is 0.161 e. The van der Waals surface area contributed by atoms with Crippen LogP contribution in [0.4, 0.5) is 0 Å². The number of benzene rings is 1. The molecule has 0 atom stereocenters. The molecule has 70 valence electrons. The van der Waals surface area contributed by atoms with E-state index in [-0.39, 0.29) is 0 Å². The van der Waals surface area contributed by atoms with Crippen molar-refractivity contribution in [3.05, 3.63) is 24.3 Å². The van der Waals surface area contributed by atoms with Gasteiger partial charge in [0.15, 0.2) is 11.5 Å². The zero-order chi connectivity index (χ0) is 9.52. The number of ether oxygens (including phenoxy) is 2. The summed E-state index contributed by atoms with van der Waals surface area (Å²) >= 11 is 0. The van der Waals surface area contributed by atoms with Gasteiger partial charge >= 0.3 is 0 Å². The van der Waals surface area contributed by atoms with E-state index in [1.165, 1.54) is 0 Å². The lowest BCUT2D eigenvalue weighted by molar-refractivity contribution is 0.288. The first kappa shape index (κ1) is 9.97. The Hall–Kier alpha value is -1.12. The molecule has 0 aliphatic carbocycles. The molecule has 0 aromatic heterocycles. The van der Waals surface area contributed by atoms with Gasteiger partial charge in [0.1, 0.15) is 7.85 Å². The molecule has 1 aromatic carbocycles. The van der Waals surface area contributed by atoms with Crippen LogP contribution in [0.1, 0.15) is 6.92 Å². The molecule has 2 nitrogen and oxygen atoms in total. The average Bonchev–Trinajstić information content (AvgIpc) is 2.17. The Balaban J connectivity index is 2.66. The zero-order valence-corrected chi connectivity index (χ0v) is 8.25. The van der Waals surface area contributed by atoms with E-state index >= 15 is 0 Å². The minimum atomic E-state index is 0.673. The van der Waals surface area contributed by atoms with Crippen LogP contribution in [-0.4, -0.2) is 21.1 Å². The van der Waals surface area contributed by atoms with Crippen LogP contribution in [0.25, 0.3) is 0 Å². The molecule has 13 heavy (non-hydrogen) atoms. The van der Waals surface area contributed by atoms with Crippen LogP contribution in [0.5, 0.6) is 11.5 Å². The van der Waals surface area contributed by atoms with E-state index in [0.717, 1.165) is 24.4 Å². The summed E-state index contributed by atoms with van der Waals surface area (Å²) in [6.45, 7) is 3.38. The monoisotopic (exact) mass is 178 g/mol. The molecule has 0 N–H and O–H groups in total. The van der Waals surface area contributed by atoms with Gasteiger partial charge in [0.25, 0.3) is 0 Å². The minimum Gasteiger partial charge on any atom is -0.490 e. The van der Waals surface area contributed by atoms with Gasteiger partial charge in [-0.2, -0.15) is 0 Å². The van der Waals surface area contributed by atoms with Crippen molar-refractivity contribution in [2.75, 3.05) is 13.2 Å². The molecule has 0 aliphatic rings. The lowest BCUT2D eigenvalue weighted by Gasteiger charge is -2.10. The van der Waals surface area contributed by atoms with E-state index in [1.54, 1.807) is 0 Å². The normalized spacial score (nSPS) is 9.62. The molecule has 0 heterocycles. The predicted octanol–water partition coefficient (Wildman–Crippen LogP) is 1.52. The highest BCUT2D eigenvalue weighted by molar-refractivity contribution is 6.08. The van der Waals surface area contributed by atoms with Gasteiger partial charge in [-0.05, 0) is 25.4 Å². The number of rotatable bonds is 5. The van der Waals surface area contributed by atoms with Gasteiger partial charge < -0.3 is 9.47 Å². The van der Waals surface area contributed by atoms with Gasteiger partial charge in [-0.25, -0.2) is 0 Å². The molecule has 1 rings (SSSR count). The fourth-order valence-corrected chi connectivity index (χ4v) is 1.06. The Labute approximate surface area is 80.3 Å². The first-order valence-corrected chi connectivity index (χ1v) is 4.73. The highest BCUT2D eigenvalue weighted by atomic mass is 16.5. The van der Waals surface area contributed by atoms with E-state index in [1.807, 2.05) is 31.2 Å². The topological polar surface area (TPSA) is 18.5 Å². The van der Waals surface area contributed by atoms with Crippen LogP contribution < -0.4 is 9.47 Å². The predicted molar refractivity (Wildman–Crippen MR) is 56.5 cm³/mol. The number of hydrogen-bond donors (Lipinski definition) is 0. The molecule has 0 spiro atoms. The van der Waals surface area contributed by atoms with Crippen molar-refractivity contribution in [1.29, 1.82) is 0 Å². The van der Waals surface area contributed by atoms with Gasteiger partial charge in [0.2, 0.25) is 0 Å². The standard InChI is InChI=1S/C10H15BO2/c1-2-12-9-5-3-4-6-10(9)13-8-7-11/h3-6H,2,7-8,11H2,1H3. The van der Waals surface area contributed by atoms with Crippen molar-refractivity contribution in [3.63, 3.8) is 0 Å². The van der Waals surface area contributed by atoms with E-state index in [9.17, 15) is 0 Å². The van der Waals surface area contributed by atoms with Crippen molar-refractivity contribution in [2.24, 2.45) is 0 Å². The molecule has 0 saturated carbocycles. The second-order valence-corrected chi connectivity index (χ2v) is 2.73. The summed E-state index contributed by atoms with van der Waals surface area (Å²) in [5.41, 5.74) is 0. The van der Waals surface area contributed by atoms with E-state index in [0.29, 0.717) is 6.61 Å². The lowest BCUT2D eigenvalue weighted by atomic mass is 10.1. The summed E-state index contributed by atoms with van der Waals surface area (Å²) in [5, 5.41) is 0. The molecule has 0 bridgehead atoms. The molecular weight excluding hydrogens is 163 g/mol. The van der Waals surface area contributed by atoms with Crippen LogP contribution in [0, 0.1) is 0 Å². The number of para-hydroxylation sites is 2. The summed E-state index contributed by atoms with van der Waals surface area (Å²) in [4.78, 5) is 0. The Morgan fingerprint density at radius 1 is 1.15 bits per heavy atom. The molecule has 0 fully saturated rings. The zero-order valence-electron chi connectivity index (χ0n) is 8.25. The van der Waals surface area contributed by atoms with Gasteiger partial charge in [-0.15, -0.1) is 0 Å². The second kappa shape index (κ2) is 5.52. The molecule has 0 unspecified atom stereocenters. The van der Waals surface area contributed by atoms with Gasteiger partial charge in [-0.3, -0.25) is 0 Å². The summed E-state index contributed by atoms with van der Waals surface area (Å²) in [7, 11) is 2.09. The molecule has 1 aromatic rings. The van der Waals surface area contributed by atoms with Gasteiger partial charge in [0, 0.05) is 0 Å². The first-order chi connectivity index (χ1) is 6.38. The fraction of sp³-hybridized carbons (Fsp3) is 0.400. The Kier molecular flexibility index (Phi) is 4.23. The average molecular weight is 178 g/mol. The quantitative estimate of drug-likeness (QED) is 0.636. The summed E-state index contributed by atoms with van der Waals surface area (Å²) in [5.74, 6) is 1.67. The van der Waals surface area contributed by atoms with Crippen LogP contribution in [0.15, 0.2) is 24.3 Å². The molecule has 0 saturated heterocycles. The third-order valence-electron chi connectivity index (χ3n) is 1.61. The highest BCUT2D eigenvalue weighted by Crippen LogP contribution is 2.26. The molecule has 0 aliphatic heterocycles. The van der Waals surface area contributed by atoms with Crippen molar-refractivity contribution >= 4 is 7.85 Å². The maximum atomic E-state index is 5.51. The lowest BCUT2D eigenvalue weighted by Crippen LogP contribution is -1.99. The van der Waals surface area contributed by atoms with Crippen molar-refractivity contribution in [1.82, 2.24) is 0 Å².